The molecule has 0 atom stereocenters. The lowest BCUT2D eigenvalue weighted by atomic mass is 10.2. The van der Waals surface area contributed by atoms with Gasteiger partial charge in [0.1, 0.15) is 12.1 Å². The predicted molar refractivity (Wildman–Crippen MR) is 100 cm³/mol. The standard InChI is InChI=1S/C20H15N5O/c1-24(15-7-3-2-4-8-15)19-16-9-5-6-10-17(16)25-18(14-11-12-26-13-14)22-23-20(25)21-19/h2-13H,1H3. The van der Waals surface area contributed by atoms with E-state index in [0.717, 1.165) is 28.0 Å². The minimum Gasteiger partial charge on any atom is -0.472 e. The Balaban J connectivity index is 1.81. The Bertz CT molecular complexity index is 1200. The summed E-state index contributed by atoms with van der Waals surface area (Å²) < 4.78 is 7.17. The average molecular weight is 341 g/mol. The smallest absolute Gasteiger partial charge is 0.257 e. The second-order valence-electron chi connectivity index (χ2n) is 6.02. The quantitative estimate of drug-likeness (QED) is 0.489. The Hall–Kier alpha value is -3.67. The van der Waals surface area contributed by atoms with Crippen LogP contribution >= 0.6 is 0 Å². The molecule has 5 aromatic rings. The van der Waals surface area contributed by atoms with Gasteiger partial charge in [-0.3, -0.25) is 4.40 Å². The summed E-state index contributed by atoms with van der Waals surface area (Å²) in [6.07, 6.45) is 3.29. The fourth-order valence-electron chi connectivity index (χ4n) is 3.19. The van der Waals surface area contributed by atoms with Gasteiger partial charge in [-0.05, 0) is 30.3 Å². The average Bonchev–Trinajstić information content (AvgIpc) is 3.37. The Morgan fingerprint density at radius 2 is 1.73 bits per heavy atom. The summed E-state index contributed by atoms with van der Waals surface area (Å²) in [5.41, 5.74) is 2.93. The molecule has 3 aromatic heterocycles. The third kappa shape index (κ3) is 2.16. The van der Waals surface area contributed by atoms with Gasteiger partial charge in [0, 0.05) is 18.1 Å². The first-order valence-electron chi connectivity index (χ1n) is 8.28. The topological polar surface area (TPSA) is 59.5 Å². The maximum atomic E-state index is 5.21. The number of anilines is 2. The van der Waals surface area contributed by atoms with E-state index in [0.29, 0.717) is 11.6 Å². The van der Waals surface area contributed by atoms with Crippen LogP contribution in [0.2, 0.25) is 0 Å². The van der Waals surface area contributed by atoms with Gasteiger partial charge in [0.2, 0.25) is 0 Å². The minimum absolute atomic E-state index is 0.553. The molecule has 3 heterocycles. The molecule has 126 valence electrons. The lowest BCUT2D eigenvalue weighted by Crippen LogP contribution is -2.13. The van der Waals surface area contributed by atoms with E-state index in [1.54, 1.807) is 12.5 Å². The second-order valence-corrected chi connectivity index (χ2v) is 6.02. The molecule has 26 heavy (non-hydrogen) atoms. The highest BCUT2D eigenvalue weighted by molar-refractivity contribution is 5.94. The lowest BCUT2D eigenvalue weighted by Gasteiger charge is -2.20. The van der Waals surface area contributed by atoms with Crippen LogP contribution in [0.25, 0.3) is 28.1 Å². The molecular weight excluding hydrogens is 326 g/mol. The first-order valence-corrected chi connectivity index (χ1v) is 8.28. The van der Waals surface area contributed by atoms with Crippen LogP contribution in [0.4, 0.5) is 11.5 Å². The Morgan fingerprint density at radius 1 is 0.923 bits per heavy atom. The minimum atomic E-state index is 0.553. The highest BCUT2D eigenvalue weighted by Crippen LogP contribution is 2.31. The second kappa shape index (κ2) is 5.70. The maximum absolute atomic E-state index is 5.21. The summed E-state index contributed by atoms with van der Waals surface area (Å²) in [6, 6.07) is 20.2. The van der Waals surface area contributed by atoms with Crippen molar-refractivity contribution in [2.75, 3.05) is 11.9 Å². The number of hydrogen-bond donors (Lipinski definition) is 0. The number of aromatic nitrogens is 4. The van der Waals surface area contributed by atoms with Crippen LogP contribution in [0.5, 0.6) is 0 Å². The number of benzene rings is 2. The van der Waals surface area contributed by atoms with E-state index in [1.807, 2.05) is 47.8 Å². The van der Waals surface area contributed by atoms with Gasteiger partial charge in [0.25, 0.3) is 5.78 Å². The molecule has 6 heteroatoms. The normalized spacial score (nSPS) is 11.3. The van der Waals surface area contributed by atoms with E-state index in [9.17, 15) is 0 Å². The summed E-state index contributed by atoms with van der Waals surface area (Å²) in [6.45, 7) is 0. The molecular formula is C20H15N5O. The van der Waals surface area contributed by atoms with Gasteiger partial charge in [0.05, 0.1) is 17.3 Å². The molecule has 0 amide bonds. The van der Waals surface area contributed by atoms with Crippen LogP contribution in [-0.2, 0) is 0 Å². The van der Waals surface area contributed by atoms with Crippen LogP contribution in [0, 0.1) is 0 Å². The molecule has 5 rings (SSSR count). The van der Waals surface area contributed by atoms with Crippen LogP contribution < -0.4 is 4.90 Å². The van der Waals surface area contributed by atoms with Crippen molar-refractivity contribution < 1.29 is 4.42 Å². The summed E-state index contributed by atoms with van der Waals surface area (Å²) in [5, 5.41) is 9.65. The van der Waals surface area contributed by atoms with Crippen molar-refractivity contribution in [2.24, 2.45) is 0 Å². The van der Waals surface area contributed by atoms with Crippen LogP contribution in [0.3, 0.4) is 0 Å². The van der Waals surface area contributed by atoms with Crippen molar-refractivity contribution >= 4 is 28.2 Å². The van der Waals surface area contributed by atoms with Crippen LogP contribution in [-0.4, -0.2) is 26.6 Å². The van der Waals surface area contributed by atoms with Crippen molar-refractivity contribution in [3.63, 3.8) is 0 Å². The molecule has 6 nitrogen and oxygen atoms in total. The summed E-state index contributed by atoms with van der Waals surface area (Å²) >= 11 is 0. The monoisotopic (exact) mass is 341 g/mol. The predicted octanol–water partition coefficient (Wildman–Crippen LogP) is 4.31. The molecule has 0 saturated heterocycles. The van der Waals surface area contributed by atoms with E-state index in [2.05, 4.69) is 39.4 Å². The molecule has 0 unspecified atom stereocenters. The van der Waals surface area contributed by atoms with E-state index in [4.69, 9.17) is 9.40 Å². The van der Waals surface area contributed by atoms with Gasteiger partial charge in [-0.25, -0.2) is 0 Å². The zero-order valence-electron chi connectivity index (χ0n) is 14.1. The van der Waals surface area contributed by atoms with E-state index in [1.165, 1.54) is 0 Å². The zero-order chi connectivity index (χ0) is 17.5. The summed E-state index contributed by atoms with van der Waals surface area (Å²) in [7, 11) is 2.01. The molecule has 0 spiro atoms. The van der Waals surface area contributed by atoms with Crippen LogP contribution in [0.1, 0.15) is 0 Å². The van der Waals surface area contributed by atoms with Gasteiger partial charge >= 0.3 is 0 Å². The van der Waals surface area contributed by atoms with Crippen molar-refractivity contribution in [1.29, 1.82) is 0 Å². The lowest BCUT2D eigenvalue weighted by molar-refractivity contribution is 0.568. The van der Waals surface area contributed by atoms with Gasteiger partial charge < -0.3 is 9.32 Å². The molecule has 0 aliphatic heterocycles. The van der Waals surface area contributed by atoms with Gasteiger partial charge in [-0.2, -0.15) is 4.98 Å². The Kier molecular flexibility index (Phi) is 3.21. The maximum Gasteiger partial charge on any atom is 0.257 e. The van der Waals surface area contributed by atoms with E-state index >= 15 is 0 Å². The molecule has 0 aliphatic carbocycles. The van der Waals surface area contributed by atoms with Crippen molar-refractivity contribution in [1.82, 2.24) is 19.6 Å². The fraction of sp³-hybridized carbons (Fsp3) is 0.0500. The molecule has 0 bridgehead atoms. The molecule has 0 aliphatic rings. The van der Waals surface area contributed by atoms with Gasteiger partial charge in [0.15, 0.2) is 5.82 Å². The van der Waals surface area contributed by atoms with Crippen molar-refractivity contribution in [3.05, 3.63) is 73.2 Å². The number of para-hydroxylation sites is 2. The molecule has 0 saturated carbocycles. The SMILES string of the molecule is CN(c1ccccc1)c1nc2nnc(-c3ccoc3)n2c2ccccc12. The van der Waals surface area contributed by atoms with Crippen molar-refractivity contribution in [3.8, 4) is 11.4 Å². The van der Waals surface area contributed by atoms with Gasteiger partial charge in [-0.15, -0.1) is 10.2 Å². The number of hydrogen-bond acceptors (Lipinski definition) is 5. The number of nitrogens with zero attached hydrogens (tertiary/aromatic N) is 5. The van der Waals surface area contributed by atoms with Crippen molar-refractivity contribution in [2.45, 2.75) is 0 Å². The highest BCUT2D eigenvalue weighted by atomic mass is 16.3. The number of fused-ring (bicyclic) bond motifs is 3. The fourth-order valence-corrected chi connectivity index (χ4v) is 3.19. The molecule has 0 N–H and O–H groups in total. The first kappa shape index (κ1) is 14.7. The van der Waals surface area contributed by atoms with Crippen LogP contribution in [0.15, 0.2) is 77.6 Å². The van der Waals surface area contributed by atoms with E-state index in [-0.39, 0.29) is 0 Å². The highest BCUT2D eigenvalue weighted by Gasteiger charge is 2.18. The third-order valence-electron chi connectivity index (χ3n) is 4.48. The Labute approximate surface area is 149 Å². The largest absolute Gasteiger partial charge is 0.472 e. The zero-order valence-corrected chi connectivity index (χ0v) is 14.1. The number of rotatable bonds is 3. The molecule has 2 aromatic carbocycles. The third-order valence-corrected chi connectivity index (χ3v) is 4.48. The summed E-state index contributed by atoms with van der Waals surface area (Å²) in [4.78, 5) is 6.86. The van der Waals surface area contributed by atoms with E-state index < -0.39 is 0 Å². The summed E-state index contributed by atoms with van der Waals surface area (Å²) in [5.74, 6) is 2.11. The molecule has 0 radical (unpaired) electrons. The molecule has 0 fully saturated rings. The van der Waals surface area contributed by atoms with Gasteiger partial charge in [-0.1, -0.05) is 30.3 Å². The first-order chi connectivity index (χ1) is 12.8. The number of furan rings is 1. The Morgan fingerprint density at radius 3 is 2.54 bits per heavy atom.